The van der Waals surface area contributed by atoms with Crippen molar-refractivity contribution < 1.29 is 27.5 Å². The number of rotatable bonds is 8. The van der Waals surface area contributed by atoms with Crippen LogP contribution in [-0.4, -0.2) is 16.8 Å². The number of nitrogens with two attached hydrogens (primary N) is 1. The zero-order chi connectivity index (χ0) is 27.7. The molecule has 2 aromatic carbocycles. The molecule has 0 aliphatic carbocycles. The third kappa shape index (κ3) is 5.37. The van der Waals surface area contributed by atoms with E-state index in [2.05, 4.69) is 10.3 Å². The summed E-state index contributed by atoms with van der Waals surface area (Å²) in [7, 11) is 0. The van der Waals surface area contributed by atoms with E-state index < -0.39 is 23.9 Å². The van der Waals surface area contributed by atoms with E-state index in [-0.39, 0.29) is 27.8 Å². The minimum atomic E-state index is -2.83. The molecule has 5 rings (SSSR count). The molecule has 198 valence electrons. The maximum atomic E-state index is 13.7. The first kappa shape index (κ1) is 26.1. The summed E-state index contributed by atoms with van der Waals surface area (Å²) >= 11 is 0.839. The number of fused-ring (bicyclic) bond motifs is 1. The standard InChI is InChI=1S/C29H23F2N3O4S/c1-15-8-9-16(2)22(12-15)37-14-18-10-11-21(38-18)28(36)34-24-23-19(17-6-4-3-5-7-17)13-20(26(30)31)33-29(23)39-25(24)27(32)35/h3-13,26H,14H2,1-2H3,(H2,32,35)(H,34,36). The van der Waals surface area contributed by atoms with Crippen LogP contribution in [0.1, 0.15) is 49.2 Å². The van der Waals surface area contributed by atoms with Crippen molar-refractivity contribution in [3.8, 4) is 16.9 Å². The molecule has 0 spiro atoms. The first-order chi connectivity index (χ1) is 18.7. The van der Waals surface area contributed by atoms with Gasteiger partial charge in [0, 0.05) is 5.39 Å². The number of amides is 2. The Kier molecular flexibility index (Phi) is 7.12. The Morgan fingerprint density at radius 3 is 2.56 bits per heavy atom. The van der Waals surface area contributed by atoms with Gasteiger partial charge in [-0.15, -0.1) is 11.3 Å². The van der Waals surface area contributed by atoms with Crippen LogP contribution in [0, 0.1) is 13.8 Å². The van der Waals surface area contributed by atoms with E-state index in [1.54, 1.807) is 36.4 Å². The molecule has 0 aliphatic heterocycles. The average molecular weight is 548 g/mol. The molecule has 3 N–H and O–H groups in total. The number of aromatic nitrogens is 1. The monoisotopic (exact) mass is 547 g/mol. The zero-order valence-corrected chi connectivity index (χ0v) is 21.8. The van der Waals surface area contributed by atoms with Gasteiger partial charge < -0.3 is 20.2 Å². The van der Waals surface area contributed by atoms with Gasteiger partial charge in [-0.25, -0.2) is 13.8 Å². The number of hydrogen-bond donors (Lipinski definition) is 2. The minimum absolute atomic E-state index is 0.0144. The summed E-state index contributed by atoms with van der Waals surface area (Å²) in [6, 6.07) is 19.0. The van der Waals surface area contributed by atoms with Crippen molar-refractivity contribution in [1.82, 2.24) is 4.98 Å². The quantitative estimate of drug-likeness (QED) is 0.217. The molecule has 10 heteroatoms. The lowest BCUT2D eigenvalue weighted by molar-refractivity contribution is 0.0992. The van der Waals surface area contributed by atoms with Gasteiger partial charge in [0.2, 0.25) is 0 Å². The molecule has 0 unspecified atom stereocenters. The van der Waals surface area contributed by atoms with Crippen LogP contribution in [0.3, 0.4) is 0 Å². The summed E-state index contributed by atoms with van der Waals surface area (Å²) in [6.45, 7) is 3.99. The van der Waals surface area contributed by atoms with E-state index in [0.29, 0.717) is 28.0 Å². The lowest BCUT2D eigenvalue weighted by Gasteiger charge is -2.10. The molecule has 0 bridgehead atoms. The van der Waals surface area contributed by atoms with Gasteiger partial charge in [-0.1, -0.05) is 42.5 Å². The Balaban J connectivity index is 1.49. The number of hydrogen-bond acceptors (Lipinski definition) is 6. The highest BCUT2D eigenvalue weighted by Gasteiger charge is 2.26. The number of furan rings is 1. The number of aryl methyl sites for hydroxylation is 2. The largest absolute Gasteiger partial charge is 0.485 e. The van der Waals surface area contributed by atoms with Gasteiger partial charge in [-0.3, -0.25) is 9.59 Å². The number of thiophene rings is 1. The van der Waals surface area contributed by atoms with Crippen molar-refractivity contribution in [2.24, 2.45) is 5.73 Å². The van der Waals surface area contributed by atoms with Gasteiger partial charge in [0.15, 0.2) is 5.76 Å². The van der Waals surface area contributed by atoms with E-state index in [0.717, 1.165) is 22.5 Å². The van der Waals surface area contributed by atoms with Crippen molar-refractivity contribution in [3.63, 3.8) is 0 Å². The van der Waals surface area contributed by atoms with Crippen LogP contribution in [0.5, 0.6) is 5.75 Å². The maximum Gasteiger partial charge on any atom is 0.291 e. The summed E-state index contributed by atoms with van der Waals surface area (Å²) in [6.07, 6.45) is -2.83. The summed E-state index contributed by atoms with van der Waals surface area (Å²) in [4.78, 5) is 29.7. The predicted molar refractivity (Wildman–Crippen MR) is 145 cm³/mol. The number of pyridine rings is 1. The van der Waals surface area contributed by atoms with Crippen LogP contribution in [0.4, 0.5) is 14.5 Å². The SMILES string of the molecule is Cc1ccc(C)c(OCc2ccc(C(=O)Nc3c(C(N)=O)sc4nc(C(F)F)cc(-c5ccccc5)c34)o2)c1. The minimum Gasteiger partial charge on any atom is -0.485 e. The normalized spacial score (nSPS) is 11.2. The average Bonchev–Trinajstić information content (AvgIpc) is 3.54. The molecule has 0 atom stereocenters. The molecular weight excluding hydrogens is 524 g/mol. The number of anilines is 1. The molecule has 39 heavy (non-hydrogen) atoms. The number of benzene rings is 2. The second-order valence-electron chi connectivity index (χ2n) is 8.89. The molecule has 7 nitrogen and oxygen atoms in total. The Hall–Kier alpha value is -4.57. The topological polar surface area (TPSA) is 107 Å². The van der Waals surface area contributed by atoms with Gasteiger partial charge in [0.25, 0.3) is 18.2 Å². The molecule has 0 fully saturated rings. The summed E-state index contributed by atoms with van der Waals surface area (Å²) in [5.41, 5.74) is 8.26. The highest BCUT2D eigenvalue weighted by Crippen LogP contribution is 2.42. The fourth-order valence-corrected chi connectivity index (χ4v) is 5.15. The third-order valence-corrected chi connectivity index (χ3v) is 7.15. The van der Waals surface area contributed by atoms with Crippen LogP contribution >= 0.6 is 11.3 Å². The summed E-state index contributed by atoms with van der Waals surface area (Å²) < 4.78 is 38.9. The van der Waals surface area contributed by atoms with Crippen LogP contribution in [0.15, 0.2) is 71.1 Å². The van der Waals surface area contributed by atoms with E-state index in [9.17, 15) is 18.4 Å². The van der Waals surface area contributed by atoms with Gasteiger partial charge >= 0.3 is 0 Å². The Morgan fingerprint density at radius 1 is 1.08 bits per heavy atom. The number of nitrogens with zero attached hydrogens (tertiary/aromatic N) is 1. The van der Waals surface area contributed by atoms with Crippen LogP contribution in [0.25, 0.3) is 21.3 Å². The highest BCUT2D eigenvalue weighted by atomic mass is 32.1. The second kappa shape index (κ2) is 10.7. The van der Waals surface area contributed by atoms with E-state index in [1.807, 2.05) is 32.0 Å². The zero-order valence-electron chi connectivity index (χ0n) is 21.0. The molecule has 5 aromatic rings. The number of halogens is 2. The van der Waals surface area contributed by atoms with Crippen LogP contribution in [0.2, 0.25) is 0 Å². The number of ether oxygens (including phenoxy) is 1. The number of carbonyl (C=O) groups is 2. The molecule has 3 aromatic heterocycles. The first-order valence-electron chi connectivity index (χ1n) is 11.9. The maximum absolute atomic E-state index is 13.7. The number of alkyl halides is 2. The van der Waals surface area contributed by atoms with Crippen molar-refractivity contribution in [3.05, 3.63) is 99.9 Å². The molecular formula is C29H23F2N3O4S. The van der Waals surface area contributed by atoms with Crippen molar-refractivity contribution in [2.45, 2.75) is 26.9 Å². The Bertz CT molecular complexity index is 1700. The van der Waals surface area contributed by atoms with Gasteiger partial charge in [0.05, 0.1) is 5.69 Å². The lowest BCUT2D eigenvalue weighted by Crippen LogP contribution is -2.16. The molecule has 0 aliphatic rings. The number of nitrogens with one attached hydrogen (secondary N) is 1. The fourth-order valence-electron chi connectivity index (χ4n) is 4.13. The highest BCUT2D eigenvalue weighted by molar-refractivity contribution is 7.21. The first-order valence-corrected chi connectivity index (χ1v) is 12.7. The summed E-state index contributed by atoms with van der Waals surface area (Å²) in [5, 5.41) is 3.04. The molecule has 0 radical (unpaired) electrons. The molecule has 2 amide bonds. The number of carbonyl (C=O) groups excluding carboxylic acids is 2. The smallest absolute Gasteiger partial charge is 0.291 e. The Morgan fingerprint density at radius 2 is 1.85 bits per heavy atom. The summed E-state index contributed by atoms with van der Waals surface area (Å²) in [5.74, 6) is -0.375. The van der Waals surface area contributed by atoms with E-state index in [1.165, 1.54) is 12.1 Å². The van der Waals surface area contributed by atoms with Gasteiger partial charge in [-0.2, -0.15) is 0 Å². The fraction of sp³-hybridized carbons (Fsp3) is 0.138. The van der Waals surface area contributed by atoms with Crippen LogP contribution in [-0.2, 0) is 6.61 Å². The van der Waals surface area contributed by atoms with Gasteiger partial charge in [0.1, 0.15) is 33.5 Å². The van der Waals surface area contributed by atoms with Gasteiger partial charge in [-0.05, 0) is 60.4 Å². The third-order valence-electron chi connectivity index (χ3n) is 6.05. The van der Waals surface area contributed by atoms with E-state index in [4.69, 9.17) is 14.9 Å². The van der Waals surface area contributed by atoms with Crippen molar-refractivity contribution >= 4 is 39.1 Å². The Labute approximate surface area is 226 Å². The lowest BCUT2D eigenvalue weighted by atomic mass is 10.0. The van der Waals surface area contributed by atoms with Crippen LogP contribution < -0.4 is 15.8 Å². The van der Waals surface area contributed by atoms with Crippen molar-refractivity contribution in [2.75, 3.05) is 5.32 Å². The molecule has 0 saturated carbocycles. The predicted octanol–water partition coefficient (Wildman–Crippen LogP) is 7.04. The molecule has 3 heterocycles. The van der Waals surface area contributed by atoms with Crippen molar-refractivity contribution in [1.29, 1.82) is 0 Å². The number of primary amides is 1. The molecule has 0 saturated heterocycles. The second-order valence-corrected chi connectivity index (χ2v) is 9.89. The van der Waals surface area contributed by atoms with E-state index >= 15 is 0 Å².